The Morgan fingerprint density at radius 1 is 1.33 bits per heavy atom. The van der Waals surface area contributed by atoms with Crippen LogP contribution in [0.25, 0.3) is 0 Å². The summed E-state index contributed by atoms with van der Waals surface area (Å²) in [5.74, 6) is 0.0366. The van der Waals surface area contributed by atoms with E-state index >= 15 is 0 Å². The van der Waals surface area contributed by atoms with Crippen LogP contribution < -0.4 is 0 Å². The van der Waals surface area contributed by atoms with E-state index in [0.29, 0.717) is 6.54 Å². The molecule has 3 nitrogen and oxygen atoms in total. The normalized spacial score (nSPS) is 27.5. The van der Waals surface area contributed by atoms with Gasteiger partial charge in [0.2, 0.25) is 5.91 Å². The minimum atomic E-state index is -0.925. The number of hydrogen-bond acceptors (Lipinski definition) is 2. The van der Waals surface area contributed by atoms with Crippen molar-refractivity contribution in [3.8, 4) is 0 Å². The first-order valence-corrected chi connectivity index (χ1v) is 5.33. The van der Waals surface area contributed by atoms with Gasteiger partial charge in [0, 0.05) is 12.0 Å². The first-order chi connectivity index (χ1) is 6.73. The molecule has 1 unspecified atom stereocenters. The maximum atomic E-state index is 13.6. The van der Waals surface area contributed by atoms with Gasteiger partial charge >= 0.3 is 0 Å². The molecule has 4 heteroatoms. The van der Waals surface area contributed by atoms with Gasteiger partial charge in [-0.3, -0.25) is 4.79 Å². The van der Waals surface area contributed by atoms with Gasteiger partial charge in [0.15, 0.2) is 0 Å². The van der Waals surface area contributed by atoms with Gasteiger partial charge < -0.3 is 9.80 Å². The van der Waals surface area contributed by atoms with Gasteiger partial charge in [-0.2, -0.15) is 0 Å². The summed E-state index contributed by atoms with van der Waals surface area (Å²) in [5, 5.41) is 0. The molecular formula is C11H21FN2O. The molecule has 2 atom stereocenters. The molecule has 0 spiro atoms. The second-order valence-corrected chi connectivity index (χ2v) is 5.51. The molecule has 1 saturated heterocycles. The lowest BCUT2D eigenvalue weighted by Crippen LogP contribution is -2.40. The first kappa shape index (κ1) is 12.4. The van der Waals surface area contributed by atoms with Crippen molar-refractivity contribution in [2.75, 3.05) is 27.2 Å². The Labute approximate surface area is 91.2 Å². The average Bonchev–Trinajstić information content (AvgIpc) is 2.44. The van der Waals surface area contributed by atoms with E-state index in [0.717, 1.165) is 0 Å². The molecule has 1 rings (SSSR count). The topological polar surface area (TPSA) is 23.6 Å². The second kappa shape index (κ2) is 4.08. The standard InChI is InChI=1S/C11H21FN2O/c1-11(2,3)10(15)14-6-8(12)9(7-14)13(4)5/h8-9H,6-7H2,1-5H3/t8?,9-/m1/s1. The predicted octanol–water partition coefficient (Wildman–Crippen LogP) is 1.14. The molecule has 0 aromatic carbocycles. The Kier molecular flexibility index (Phi) is 3.38. The number of rotatable bonds is 1. The fraction of sp³-hybridized carbons (Fsp3) is 0.909. The molecule has 88 valence electrons. The van der Waals surface area contributed by atoms with Crippen LogP contribution in [0.2, 0.25) is 0 Å². The van der Waals surface area contributed by atoms with Crippen molar-refractivity contribution in [1.82, 2.24) is 9.80 Å². The lowest BCUT2D eigenvalue weighted by molar-refractivity contribution is -0.138. The zero-order valence-corrected chi connectivity index (χ0v) is 10.2. The molecule has 0 aliphatic carbocycles. The highest BCUT2D eigenvalue weighted by atomic mass is 19.1. The maximum Gasteiger partial charge on any atom is 0.228 e. The fourth-order valence-electron chi connectivity index (χ4n) is 1.87. The van der Waals surface area contributed by atoms with E-state index in [-0.39, 0.29) is 18.5 Å². The summed E-state index contributed by atoms with van der Waals surface area (Å²) in [6.45, 7) is 6.34. The number of alkyl halides is 1. The summed E-state index contributed by atoms with van der Waals surface area (Å²) in [6.07, 6.45) is -0.925. The van der Waals surface area contributed by atoms with E-state index in [2.05, 4.69) is 0 Å². The first-order valence-electron chi connectivity index (χ1n) is 5.33. The number of halogens is 1. The molecule has 0 saturated carbocycles. The number of likely N-dealkylation sites (N-methyl/N-ethyl adjacent to an activating group) is 1. The van der Waals surface area contributed by atoms with Crippen molar-refractivity contribution in [2.24, 2.45) is 5.41 Å². The van der Waals surface area contributed by atoms with Gasteiger partial charge in [0.05, 0.1) is 12.6 Å². The zero-order chi connectivity index (χ0) is 11.8. The minimum absolute atomic E-state index is 0.0366. The Morgan fingerprint density at radius 2 is 1.87 bits per heavy atom. The minimum Gasteiger partial charge on any atom is -0.338 e. The van der Waals surface area contributed by atoms with Crippen molar-refractivity contribution < 1.29 is 9.18 Å². The Bertz CT molecular complexity index is 247. The molecule has 0 bridgehead atoms. The summed E-state index contributed by atoms with van der Waals surface area (Å²) < 4.78 is 13.6. The smallest absolute Gasteiger partial charge is 0.228 e. The van der Waals surface area contributed by atoms with Gasteiger partial charge in [-0.15, -0.1) is 0 Å². The molecule has 1 amide bonds. The van der Waals surface area contributed by atoms with E-state index in [9.17, 15) is 9.18 Å². The largest absolute Gasteiger partial charge is 0.338 e. The van der Waals surface area contributed by atoms with Gasteiger partial charge in [0.25, 0.3) is 0 Å². The van der Waals surface area contributed by atoms with E-state index in [1.54, 1.807) is 4.90 Å². The number of hydrogen-bond donors (Lipinski definition) is 0. The summed E-state index contributed by atoms with van der Waals surface area (Å²) >= 11 is 0. The van der Waals surface area contributed by atoms with Crippen molar-refractivity contribution >= 4 is 5.91 Å². The van der Waals surface area contributed by atoms with Crippen molar-refractivity contribution in [3.05, 3.63) is 0 Å². The van der Waals surface area contributed by atoms with E-state index < -0.39 is 11.6 Å². The number of carbonyl (C=O) groups excluding carboxylic acids is 1. The van der Waals surface area contributed by atoms with Gasteiger partial charge in [-0.25, -0.2) is 4.39 Å². The molecule has 0 aromatic heterocycles. The van der Waals surface area contributed by atoms with Crippen LogP contribution in [-0.2, 0) is 4.79 Å². The van der Waals surface area contributed by atoms with Crippen molar-refractivity contribution in [2.45, 2.75) is 33.0 Å². The molecule has 1 heterocycles. The zero-order valence-electron chi connectivity index (χ0n) is 10.2. The van der Waals surface area contributed by atoms with Crippen LogP contribution in [0.3, 0.4) is 0 Å². The summed E-state index contributed by atoms with van der Waals surface area (Å²) in [4.78, 5) is 15.4. The van der Waals surface area contributed by atoms with Crippen molar-refractivity contribution in [3.63, 3.8) is 0 Å². The molecule has 0 N–H and O–H groups in total. The monoisotopic (exact) mass is 216 g/mol. The van der Waals surface area contributed by atoms with E-state index in [4.69, 9.17) is 0 Å². The third-order valence-electron chi connectivity index (χ3n) is 2.81. The quantitative estimate of drug-likeness (QED) is 0.656. The third kappa shape index (κ3) is 2.68. The van der Waals surface area contributed by atoms with Crippen LogP contribution in [0.15, 0.2) is 0 Å². The van der Waals surface area contributed by atoms with Crippen LogP contribution >= 0.6 is 0 Å². The lowest BCUT2D eigenvalue weighted by atomic mass is 9.95. The highest BCUT2D eigenvalue weighted by Crippen LogP contribution is 2.24. The van der Waals surface area contributed by atoms with Crippen LogP contribution in [0.4, 0.5) is 4.39 Å². The summed E-state index contributed by atoms with van der Waals surface area (Å²) in [6, 6.07) is -0.156. The van der Waals surface area contributed by atoms with Gasteiger partial charge in [-0.1, -0.05) is 20.8 Å². The molecule has 15 heavy (non-hydrogen) atoms. The maximum absolute atomic E-state index is 13.6. The summed E-state index contributed by atoms with van der Waals surface area (Å²) in [5.41, 5.74) is -0.416. The molecule has 1 aliphatic heterocycles. The van der Waals surface area contributed by atoms with Crippen molar-refractivity contribution in [1.29, 1.82) is 0 Å². The highest BCUT2D eigenvalue weighted by Gasteiger charge is 2.39. The number of nitrogens with zero attached hydrogens (tertiary/aromatic N) is 2. The van der Waals surface area contributed by atoms with Crippen LogP contribution in [0.1, 0.15) is 20.8 Å². The number of likely N-dealkylation sites (tertiary alicyclic amines) is 1. The average molecular weight is 216 g/mol. The molecule has 1 fully saturated rings. The van der Waals surface area contributed by atoms with Gasteiger partial charge in [-0.05, 0) is 14.1 Å². The Morgan fingerprint density at radius 3 is 2.20 bits per heavy atom. The summed E-state index contributed by atoms with van der Waals surface area (Å²) in [7, 11) is 3.70. The molecule has 0 radical (unpaired) electrons. The van der Waals surface area contributed by atoms with Gasteiger partial charge in [0.1, 0.15) is 6.17 Å². The van der Waals surface area contributed by atoms with Crippen LogP contribution in [-0.4, -0.2) is 55.1 Å². The Hall–Kier alpha value is -0.640. The SMILES string of the molecule is CN(C)[C@@H]1CN(C(=O)C(C)(C)C)CC1F. The van der Waals surface area contributed by atoms with Crippen LogP contribution in [0, 0.1) is 5.41 Å². The van der Waals surface area contributed by atoms with E-state index in [1.165, 1.54) is 0 Å². The Balaban J connectivity index is 2.67. The van der Waals surface area contributed by atoms with Crippen LogP contribution in [0.5, 0.6) is 0 Å². The fourth-order valence-corrected chi connectivity index (χ4v) is 1.87. The highest BCUT2D eigenvalue weighted by molar-refractivity contribution is 5.81. The number of amides is 1. The molecule has 0 aromatic rings. The number of carbonyl (C=O) groups is 1. The molecule has 1 aliphatic rings. The third-order valence-corrected chi connectivity index (χ3v) is 2.81. The van der Waals surface area contributed by atoms with E-state index in [1.807, 2.05) is 39.8 Å². The molecular weight excluding hydrogens is 195 g/mol. The lowest BCUT2D eigenvalue weighted by Gasteiger charge is -2.26. The predicted molar refractivity (Wildman–Crippen MR) is 58.4 cm³/mol. The second-order valence-electron chi connectivity index (χ2n) is 5.51.